The number of hydrogen-bond acceptors (Lipinski definition) is 2. The van der Waals surface area contributed by atoms with E-state index in [-0.39, 0.29) is 17.2 Å². The fraction of sp³-hybridized carbons (Fsp3) is 0.125. The summed E-state index contributed by atoms with van der Waals surface area (Å²) < 4.78 is 28.9. The van der Waals surface area contributed by atoms with Crippen LogP contribution in [-0.2, 0) is 4.79 Å². The van der Waals surface area contributed by atoms with Crippen molar-refractivity contribution in [2.45, 2.75) is 13.0 Å². The molecule has 3 nitrogen and oxygen atoms in total. The highest BCUT2D eigenvalue weighted by Crippen LogP contribution is 2.36. The van der Waals surface area contributed by atoms with Crippen LogP contribution in [0.1, 0.15) is 18.1 Å². The molecule has 0 unspecified atom stereocenters. The average molecular weight is 400 g/mol. The number of anilines is 1. The fourth-order valence-electron chi connectivity index (χ4n) is 2.35. The van der Waals surface area contributed by atoms with Crippen LogP contribution in [0.25, 0.3) is 0 Å². The van der Waals surface area contributed by atoms with Crippen molar-refractivity contribution in [2.24, 2.45) is 4.99 Å². The number of nitrogens with zero attached hydrogens (tertiary/aromatic N) is 1. The second-order valence-corrected chi connectivity index (χ2v) is 6.22. The number of hydrogen-bond donors (Lipinski definition) is 1. The van der Waals surface area contributed by atoms with Gasteiger partial charge in [0.1, 0.15) is 17.7 Å². The molecule has 1 atom stereocenters. The maximum Gasteiger partial charge on any atom is 0.248 e. The lowest BCUT2D eigenvalue weighted by Gasteiger charge is -2.14. The zero-order valence-corrected chi connectivity index (χ0v) is 14.2. The third-order valence-corrected chi connectivity index (χ3v) is 4.86. The van der Waals surface area contributed by atoms with Crippen molar-refractivity contribution < 1.29 is 13.6 Å². The number of halogens is 4. The quantitative estimate of drug-likeness (QED) is 0.750. The van der Waals surface area contributed by atoms with E-state index >= 15 is 0 Å². The number of carbonyl (C=O) groups is 1. The van der Waals surface area contributed by atoms with Crippen molar-refractivity contribution in [1.29, 1.82) is 0 Å². The van der Waals surface area contributed by atoms with Gasteiger partial charge in [0.25, 0.3) is 0 Å². The van der Waals surface area contributed by atoms with Crippen LogP contribution < -0.4 is 5.32 Å². The third-order valence-electron chi connectivity index (χ3n) is 3.49. The van der Waals surface area contributed by atoms with Crippen LogP contribution in [0.3, 0.4) is 0 Å². The standard InChI is InChI=1S/C16H10BrClF2N2O/c1-7-16(23)22-11-6-5-8(18)14(17)13(11)15(21-7)12-9(19)3-2-4-10(12)20/h2-7H,1H3,(H,22,23)/t7-/m0/s1. The number of benzene rings is 2. The van der Waals surface area contributed by atoms with E-state index in [1.807, 2.05) is 0 Å². The Balaban J connectivity index is 2.38. The molecule has 7 heteroatoms. The average Bonchev–Trinajstić information content (AvgIpc) is 2.61. The summed E-state index contributed by atoms with van der Waals surface area (Å²) >= 11 is 9.42. The van der Waals surface area contributed by atoms with Gasteiger partial charge in [-0.3, -0.25) is 9.79 Å². The van der Waals surface area contributed by atoms with Gasteiger partial charge in [0.15, 0.2) is 0 Å². The van der Waals surface area contributed by atoms with Crippen LogP contribution in [0.4, 0.5) is 14.5 Å². The van der Waals surface area contributed by atoms with Crippen LogP contribution in [0.15, 0.2) is 39.8 Å². The van der Waals surface area contributed by atoms with Gasteiger partial charge in [0, 0.05) is 10.0 Å². The van der Waals surface area contributed by atoms with Crippen molar-refractivity contribution >= 4 is 44.8 Å². The van der Waals surface area contributed by atoms with Crippen molar-refractivity contribution in [2.75, 3.05) is 5.32 Å². The third kappa shape index (κ3) is 2.77. The maximum atomic E-state index is 14.2. The highest BCUT2D eigenvalue weighted by molar-refractivity contribution is 9.10. The molecule has 0 radical (unpaired) electrons. The molecule has 0 spiro atoms. The zero-order valence-electron chi connectivity index (χ0n) is 11.8. The van der Waals surface area contributed by atoms with E-state index in [4.69, 9.17) is 11.6 Å². The van der Waals surface area contributed by atoms with E-state index in [1.54, 1.807) is 19.1 Å². The molecule has 118 valence electrons. The molecule has 0 fully saturated rings. The smallest absolute Gasteiger partial charge is 0.248 e. The van der Waals surface area contributed by atoms with Gasteiger partial charge in [-0.25, -0.2) is 8.78 Å². The van der Waals surface area contributed by atoms with E-state index in [0.717, 1.165) is 12.1 Å². The number of rotatable bonds is 1. The van der Waals surface area contributed by atoms with E-state index in [9.17, 15) is 13.6 Å². The number of benzodiazepines with no additional fused rings is 1. The Kier molecular flexibility index (Phi) is 4.21. The van der Waals surface area contributed by atoms with Crippen molar-refractivity contribution in [3.63, 3.8) is 0 Å². The summed E-state index contributed by atoms with van der Waals surface area (Å²) in [5.41, 5.74) is 0.479. The molecular formula is C16H10BrClF2N2O. The van der Waals surface area contributed by atoms with Gasteiger partial charge in [-0.05, 0) is 47.1 Å². The van der Waals surface area contributed by atoms with Crippen LogP contribution in [0.5, 0.6) is 0 Å². The molecule has 1 heterocycles. The van der Waals surface area contributed by atoms with Gasteiger partial charge in [0.05, 0.1) is 22.0 Å². The van der Waals surface area contributed by atoms with Gasteiger partial charge in [-0.2, -0.15) is 0 Å². The lowest BCUT2D eigenvalue weighted by molar-refractivity contribution is -0.116. The lowest BCUT2D eigenvalue weighted by Crippen LogP contribution is -2.22. The number of fused-ring (bicyclic) bond motifs is 1. The molecule has 1 aliphatic rings. The van der Waals surface area contributed by atoms with Crippen molar-refractivity contribution in [3.8, 4) is 0 Å². The molecule has 0 bridgehead atoms. The molecule has 0 aromatic heterocycles. The summed E-state index contributed by atoms with van der Waals surface area (Å²) in [6.07, 6.45) is 0. The van der Waals surface area contributed by atoms with Gasteiger partial charge in [-0.15, -0.1) is 0 Å². The predicted octanol–water partition coefficient (Wildman–Crippen LogP) is 4.56. The molecule has 0 aliphatic carbocycles. The van der Waals surface area contributed by atoms with Crippen LogP contribution in [-0.4, -0.2) is 17.7 Å². The summed E-state index contributed by atoms with van der Waals surface area (Å²) in [6.45, 7) is 1.55. The first-order chi connectivity index (χ1) is 10.9. The lowest BCUT2D eigenvalue weighted by atomic mass is 9.99. The summed E-state index contributed by atoms with van der Waals surface area (Å²) in [5, 5.41) is 3.04. The highest BCUT2D eigenvalue weighted by atomic mass is 79.9. The van der Waals surface area contributed by atoms with Gasteiger partial charge in [0.2, 0.25) is 5.91 Å². The van der Waals surface area contributed by atoms with Gasteiger partial charge < -0.3 is 5.32 Å². The largest absolute Gasteiger partial charge is 0.324 e. The predicted molar refractivity (Wildman–Crippen MR) is 89.2 cm³/mol. The second kappa shape index (κ2) is 6.02. The molecule has 23 heavy (non-hydrogen) atoms. The topological polar surface area (TPSA) is 41.5 Å². The molecule has 2 aromatic rings. The van der Waals surface area contributed by atoms with E-state index in [0.29, 0.717) is 20.7 Å². The monoisotopic (exact) mass is 398 g/mol. The van der Waals surface area contributed by atoms with Crippen molar-refractivity contribution in [3.05, 3.63) is 62.6 Å². The first-order valence-corrected chi connectivity index (χ1v) is 7.88. The summed E-state index contributed by atoms with van der Waals surface area (Å²) in [7, 11) is 0. The van der Waals surface area contributed by atoms with Crippen LogP contribution in [0, 0.1) is 11.6 Å². The normalized spacial score (nSPS) is 17.2. The Hall–Kier alpha value is -1.79. The molecule has 0 saturated carbocycles. The van der Waals surface area contributed by atoms with Crippen LogP contribution in [0.2, 0.25) is 5.02 Å². The minimum Gasteiger partial charge on any atom is -0.324 e. The molecule has 1 aliphatic heterocycles. The van der Waals surface area contributed by atoms with E-state index < -0.39 is 17.7 Å². The fourth-order valence-corrected chi connectivity index (χ4v) is 3.04. The Morgan fingerprint density at radius 2 is 1.83 bits per heavy atom. The van der Waals surface area contributed by atoms with Crippen LogP contribution >= 0.6 is 27.5 Å². The summed E-state index contributed by atoms with van der Waals surface area (Å²) in [6, 6.07) is 5.91. The zero-order chi connectivity index (χ0) is 16.7. The SMILES string of the molecule is C[C@@H]1N=C(c2c(F)cccc2F)c2c(ccc(Cl)c2Br)NC1=O. The Morgan fingerprint density at radius 1 is 1.17 bits per heavy atom. The Labute approximate surface area is 144 Å². The maximum absolute atomic E-state index is 14.2. The molecule has 3 rings (SSSR count). The first-order valence-electron chi connectivity index (χ1n) is 6.71. The number of carbonyl (C=O) groups excluding carboxylic acids is 1. The molecular weight excluding hydrogens is 390 g/mol. The number of aliphatic imine (C=N–C) groups is 1. The Morgan fingerprint density at radius 3 is 2.48 bits per heavy atom. The van der Waals surface area contributed by atoms with E-state index in [2.05, 4.69) is 26.2 Å². The number of amides is 1. The Bertz CT molecular complexity index is 834. The molecule has 1 amide bonds. The molecule has 1 N–H and O–H groups in total. The van der Waals surface area contributed by atoms with E-state index in [1.165, 1.54) is 6.07 Å². The second-order valence-electron chi connectivity index (χ2n) is 5.02. The first kappa shape index (κ1) is 16.1. The van der Waals surface area contributed by atoms with Gasteiger partial charge >= 0.3 is 0 Å². The summed E-state index contributed by atoms with van der Waals surface area (Å²) in [4.78, 5) is 16.3. The highest BCUT2D eigenvalue weighted by Gasteiger charge is 2.28. The molecule has 0 saturated heterocycles. The molecule has 2 aromatic carbocycles. The number of nitrogens with one attached hydrogen (secondary N) is 1. The minimum absolute atomic E-state index is 0.0378. The minimum atomic E-state index is -0.804. The summed E-state index contributed by atoms with van der Waals surface area (Å²) in [5.74, 6) is -1.89. The van der Waals surface area contributed by atoms with Crippen molar-refractivity contribution in [1.82, 2.24) is 0 Å². The van der Waals surface area contributed by atoms with Gasteiger partial charge in [-0.1, -0.05) is 17.7 Å².